The molecule has 0 aliphatic carbocycles. The summed E-state index contributed by atoms with van der Waals surface area (Å²) >= 11 is 0. The van der Waals surface area contributed by atoms with Crippen molar-refractivity contribution in [3.63, 3.8) is 0 Å². The Hall–Kier alpha value is -2.14. The van der Waals surface area contributed by atoms with Crippen LogP contribution in [-0.4, -0.2) is 48.1 Å². The maximum absolute atomic E-state index is 10.9. The van der Waals surface area contributed by atoms with E-state index in [2.05, 4.69) is 15.2 Å². The molecule has 1 heterocycles. The number of nitrogens with zero attached hydrogens (tertiary/aromatic N) is 2. The van der Waals surface area contributed by atoms with Gasteiger partial charge in [0.05, 0.1) is 5.56 Å². The number of likely N-dealkylation sites (N-methyl/N-ethyl adjacent to an activating group) is 1. The van der Waals surface area contributed by atoms with E-state index in [0.29, 0.717) is 0 Å². The Kier molecular flexibility index (Phi) is 3.97. The monoisotopic (exact) mass is 259 g/mol. The zero-order valence-corrected chi connectivity index (χ0v) is 11.1. The molecule has 0 amide bonds. The molecular weight excluding hydrogens is 242 g/mol. The van der Waals surface area contributed by atoms with Gasteiger partial charge in [0.25, 0.3) is 0 Å². The number of aromatic nitrogens is 1. The molecule has 19 heavy (non-hydrogen) atoms. The third-order valence-electron chi connectivity index (χ3n) is 2.86. The first kappa shape index (κ1) is 13.3. The van der Waals surface area contributed by atoms with Gasteiger partial charge in [-0.3, -0.25) is 0 Å². The molecular formula is C14H17N3O2. The minimum atomic E-state index is -0.916. The Morgan fingerprint density at radius 3 is 2.84 bits per heavy atom. The summed E-state index contributed by atoms with van der Waals surface area (Å²) in [6.07, 6.45) is 1.69. The van der Waals surface area contributed by atoms with Gasteiger partial charge in [-0.2, -0.15) is 0 Å². The minimum absolute atomic E-state index is 0.290. The molecule has 1 aromatic carbocycles. The van der Waals surface area contributed by atoms with Crippen molar-refractivity contribution in [2.24, 2.45) is 0 Å². The van der Waals surface area contributed by atoms with Crippen LogP contribution in [0, 0.1) is 0 Å². The lowest BCUT2D eigenvalue weighted by Crippen LogP contribution is -2.21. The van der Waals surface area contributed by atoms with Gasteiger partial charge in [0, 0.05) is 24.7 Å². The van der Waals surface area contributed by atoms with Gasteiger partial charge in [0.15, 0.2) is 0 Å². The number of benzene rings is 1. The summed E-state index contributed by atoms with van der Waals surface area (Å²) in [5.41, 5.74) is 0.290. The van der Waals surface area contributed by atoms with Gasteiger partial charge in [-0.1, -0.05) is 0 Å². The SMILES string of the molecule is CN(C)CCNc1nccc2cc(C(=O)O)ccc12. The molecule has 0 radical (unpaired) electrons. The average molecular weight is 259 g/mol. The average Bonchev–Trinajstić information content (AvgIpc) is 2.37. The summed E-state index contributed by atoms with van der Waals surface area (Å²) in [6, 6.07) is 6.88. The summed E-state index contributed by atoms with van der Waals surface area (Å²) in [7, 11) is 4.02. The number of aromatic carboxylic acids is 1. The Morgan fingerprint density at radius 2 is 2.16 bits per heavy atom. The molecule has 0 aliphatic heterocycles. The Balaban J connectivity index is 2.27. The highest BCUT2D eigenvalue weighted by molar-refractivity contribution is 5.98. The van der Waals surface area contributed by atoms with E-state index in [4.69, 9.17) is 5.11 Å². The van der Waals surface area contributed by atoms with E-state index in [1.165, 1.54) is 0 Å². The first-order chi connectivity index (χ1) is 9.08. The van der Waals surface area contributed by atoms with Crippen LogP contribution in [0.2, 0.25) is 0 Å². The maximum Gasteiger partial charge on any atom is 0.335 e. The number of nitrogens with one attached hydrogen (secondary N) is 1. The summed E-state index contributed by atoms with van der Waals surface area (Å²) in [6.45, 7) is 1.70. The second-order valence-electron chi connectivity index (χ2n) is 4.63. The van der Waals surface area contributed by atoms with E-state index in [9.17, 15) is 4.79 Å². The molecule has 2 rings (SSSR count). The van der Waals surface area contributed by atoms with Crippen molar-refractivity contribution in [1.29, 1.82) is 0 Å². The lowest BCUT2D eigenvalue weighted by molar-refractivity contribution is 0.0697. The highest BCUT2D eigenvalue weighted by atomic mass is 16.4. The number of carboxylic acid groups (broad SMARTS) is 1. The van der Waals surface area contributed by atoms with Crippen molar-refractivity contribution in [2.45, 2.75) is 0 Å². The fraction of sp³-hybridized carbons (Fsp3) is 0.286. The quantitative estimate of drug-likeness (QED) is 0.858. The lowest BCUT2D eigenvalue weighted by Gasteiger charge is -2.12. The first-order valence-electron chi connectivity index (χ1n) is 6.08. The topological polar surface area (TPSA) is 65.5 Å². The van der Waals surface area contributed by atoms with Crippen LogP contribution >= 0.6 is 0 Å². The predicted molar refractivity (Wildman–Crippen MR) is 75.7 cm³/mol. The second-order valence-corrected chi connectivity index (χ2v) is 4.63. The molecule has 2 aromatic rings. The van der Waals surface area contributed by atoms with Crippen LogP contribution in [-0.2, 0) is 0 Å². The van der Waals surface area contributed by atoms with Gasteiger partial charge in [-0.05, 0) is 43.7 Å². The number of carboxylic acids is 1. The van der Waals surface area contributed by atoms with E-state index in [1.54, 1.807) is 24.4 Å². The van der Waals surface area contributed by atoms with Gasteiger partial charge in [0.2, 0.25) is 0 Å². The van der Waals surface area contributed by atoms with Crippen LogP contribution < -0.4 is 5.32 Å². The van der Waals surface area contributed by atoms with E-state index >= 15 is 0 Å². The molecule has 5 nitrogen and oxygen atoms in total. The number of pyridine rings is 1. The Labute approximate surface area is 111 Å². The van der Waals surface area contributed by atoms with E-state index in [-0.39, 0.29) is 5.56 Å². The standard InChI is InChI=1S/C14H17N3O2/c1-17(2)8-7-16-13-12-4-3-11(14(18)19)9-10(12)5-6-15-13/h3-6,9H,7-8H2,1-2H3,(H,15,16)(H,18,19). The van der Waals surface area contributed by atoms with Crippen LogP contribution in [0.5, 0.6) is 0 Å². The predicted octanol–water partition coefficient (Wildman–Crippen LogP) is 1.91. The molecule has 2 N–H and O–H groups in total. The lowest BCUT2D eigenvalue weighted by atomic mass is 10.1. The van der Waals surface area contributed by atoms with Gasteiger partial charge in [-0.15, -0.1) is 0 Å². The number of rotatable bonds is 5. The zero-order valence-electron chi connectivity index (χ0n) is 11.1. The molecule has 5 heteroatoms. The summed E-state index contributed by atoms with van der Waals surface area (Å²) < 4.78 is 0. The summed E-state index contributed by atoms with van der Waals surface area (Å²) in [4.78, 5) is 17.3. The molecule has 0 saturated heterocycles. The largest absolute Gasteiger partial charge is 0.478 e. The number of hydrogen-bond donors (Lipinski definition) is 2. The minimum Gasteiger partial charge on any atom is -0.478 e. The van der Waals surface area contributed by atoms with Crippen molar-refractivity contribution in [2.75, 3.05) is 32.5 Å². The van der Waals surface area contributed by atoms with Gasteiger partial charge < -0.3 is 15.3 Å². The van der Waals surface area contributed by atoms with Crippen molar-refractivity contribution in [1.82, 2.24) is 9.88 Å². The molecule has 0 saturated carbocycles. The highest BCUT2D eigenvalue weighted by Crippen LogP contribution is 2.22. The number of fused-ring (bicyclic) bond motifs is 1. The number of carbonyl (C=O) groups is 1. The third kappa shape index (κ3) is 3.20. The second kappa shape index (κ2) is 5.67. The Bertz CT molecular complexity index is 596. The van der Waals surface area contributed by atoms with Crippen molar-refractivity contribution >= 4 is 22.6 Å². The smallest absolute Gasteiger partial charge is 0.335 e. The van der Waals surface area contributed by atoms with Crippen LogP contribution in [0.1, 0.15) is 10.4 Å². The number of anilines is 1. The normalized spacial score (nSPS) is 10.9. The van der Waals surface area contributed by atoms with E-state index in [0.717, 1.165) is 29.7 Å². The Morgan fingerprint density at radius 1 is 1.37 bits per heavy atom. The fourth-order valence-electron chi connectivity index (χ4n) is 1.85. The van der Waals surface area contributed by atoms with Crippen LogP contribution in [0.25, 0.3) is 10.8 Å². The van der Waals surface area contributed by atoms with Crippen LogP contribution in [0.4, 0.5) is 5.82 Å². The molecule has 0 unspecified atom stereocenters. The number of hydrogen-bond acceptors (Lipinski definition) is 4. The van der Waals surface area contributed by atoms with Crippen molar-refractivity contribution < 1.29 is 9.90 Å². The van der Waals surface area contributed by atoms with Crippen LogP contribution in [0.3, 0.4) is 0 Å². The molecule has 0 fully saturated rings. The van der Waals surface area contributed by atoms with E-state index in [1.807, 2.05) is 20.2 Å². The molecule has 1 aromatic heterocycles. The van der Waals surface area contributed by atoms with Crippen LogP contribution in [0.15, 0.2) is 30.5 Å². The van der Waals surface area contributed by atoms with E-state index < -0.39 is 5.97 Å². The molecule has 0 atom stereocenters. The van der Waals surface area contributed by atoms with Crippen molar-refractivity contribution in [3.05, 3.63) is 36.0 Å². The fourth-order valence-corrected chi connectivity index (χ4v) is 1.85. The summed E-state index contributed by atoms with van der Waals surface area (Å²) in [5, 5.41) is 14.1. The molecule has 100 valence electrons. The van der Waals surface area contributed by atoms with Crippen molar-refractivity contribution in [3.8, 4) is 0 Å². The van der Waals surface area contributed by atoms with Gasteiger partial charge in [-0.25, -0.2) is 9.78 Å². The third-order valence-corrected chi connectivity index (χ3v) is 2.86. The summed E-state index contributed by atoms with van der Waals surface area (Å²) in [5.74, 6) is -0.128. The molecule has 0 spiro atoms. The highest BCUT2D eigenvalue weighted by Gasteiger charge is 2.06. The maximum atomic E-state index is 10.9. The van der Waals surface area contributed by atoms with Gasteiger partial charge >= 0.3 is 5.97 Å². The first-order valence-corrected chi connectivity index (χ1v) is 6.08. The van der Waals surface area contributed by atoms with Gasteiger partial charge in [0.1, 0.15) is 5.82 Å². The molecule has 0 bridgehead atoms. The zero-order chi connectivity index (χ0) is 13.8. The molecule has 0 aliphatic rings.